The van der Waals surface area contributed by atoms with Gasteiger partial charge in [-0.15, -0.1) is 0 Å². The Morgan fingerprint density at radius 1 is 1.19 bits per heavy atom. The number of carbonyl (C=O) groups excluding carboxylic acids is 2. The van der Waals surface area contributed by atoms with E-state index in [0.717, 1.165) is 16.5 Å². The second-order valence-corrected chi connectivity index (χ2v) is 6.76. The standard InChI is InChI=1S/C21H20FN3O2/c22-17-6-2-4-8-19(17)25-13-15(11-20(25)26)21(27)23-10-9-14-12-24-18-7-3-1-5-16(14)18/h1-8,12,15,24H,9-11,13H2,(H,23,27)/t15-/m1/s1. The Hall–Kier alpha value is -3.15. The molecule has 0 aliphatic carbocycles. The van der Waals surface area contributed by atoms with Crippen LogP contribution >= 0.6 is 0 Å². The summed E-state index contributed by atoms with van der Waals surface area (Å²) in [5.74, 6) is -1.30. The van der Waals surface area contributed by atoms with Crippen molar-refractivity contribution in [3.63, 3.8) is 0 Å². The van der Waals surface area contributed by atoms with Crippen molar-refractivity contribution in [2.45, 2.75) is 12.8 Å². The lowest BCUT2D eigenvalue weighted by Crippen LogP contribution is -2.34. The first-order chi connectivity index (χ1) is 13.1. The number of halogens is 1. The number of nitrogens with zero attached hydrogens (tertiary/aromatic N) is 1. The molecule has 1 aliphatic heterocycles. The minimum absolute atomic E-state index is 0.104. The van der Waals surface area contributed by atoms with Gasteiger partial charge in [-0.1, -0.05) is 30.3 Å². The number of carbonyl (C=O) groups is 2. The Morgan fingerprint density at radius 2 is 1.96 bits per heavy atom. The molecule has 0 radical (unpaired) electrons. The quantitative estimate of drug-likeness (QED) is 0.730. The number of amides is 2. The van der Waals surface area contributed by atoms with Crippen molar-refractivity contribution in [2.24, 2.45) is 5.92 Å². The number of fused-ring (bicyclic) bond motifs is 1. The average Bonchev–Trinajstić information content (AvgIpc) is 3.26. The Kier molecular flexibility index (Phi) is 4.62. The second kappa shape index (κ2) is 7.23. The number of benzene rings is 2. The number of H-pyrrole nitrogens is 1. The largest absolute Gasteiger partial charge is 0.361 e. The van der Waals surface area contributed by atoms with Gasteiger partial charge in [-0.3, -0.25) is 9.59 Å². The van der Waals surface area contributed by atoms with Crippen LogP contribution in [0.4, 0.5) is 10.1 Å². The number of aromatic amines is 1. The summed E-state index contributed by atoms with van der Waals surface area (Å²) in [6.45, 7) is 0.698. The maximum atomic E-state index is 13.9. The van der Waals surface area contributed by atoms with E-state index in [1.807, 2.05) is 30.5 Å². The van der Waals surface area contributed by atoms with Crippen LogP contribution in [0.15, 0.2) is 54.7 Å². The van der Waals surface area contributed by atoms with Crippen molar-refractivity contribution in [1.82, 2.24) is 10.3 Å². The molecular formula is C21H20FN3O2. The van der Waals surface area contributed by atoms with Crippen LogP contribution in [0.3, 0.4) is 0 Å². The fourth-order valence-corrected chi connectivity index (χ4v) is 3.59. The van der Waals surface area contributed by atoms with Crippen molar-refractivity contribution in [3.05, 3.63) is 66.1 Å². The molecule has 27 heavy (non-hydrogen) atoms. The highest BCUT2D eigenvalue weighted by Gasteiger charge is 2.35. The zero-order chi connectivity index (χ0) is 18.8. The van der Waals surface area contributed by atoms with Crippen LogP contribution < -0.4 is 10.2 Å². The summed E-state index contributed by atoms with van der Waals surface area (Å²) in [5.41, 5.74) is 2.44. The molecule has 4 rings (SSSR count). The van der Waals surface area contributed by atoms with E-state index in [1.54, 1.807) is 18.2 Å². The lowest BCUT2D eigenvalue weighted by Gasteiger charge is -2.17. The molecule has 0 saturated carbocycles. The maximum absolute atomic E-state index is 13.9. The van der Waals surface area contributed by atoms with E-state index in [4.69, 9.17) is 0 Å². The van der Waals surface area contributed by atoms with Crippen LogP contribution in [-0.2, 0) is 16.0 Å². The van der Waals surface area contributed by atoms with Gasteiger partial charge in [-0.2, -0.15) is 0 Å². The highest BCUT2D eigenvalue weighted by Crippen LogP contribution is 2.27. The van der Waals surface area contributed by atoms with E-state index < -0.39 is 11.7 Å². The van der Waals surface area contributed by atoms with E-state index in [1.165, 1.54) is 11.0 Å². The zero-order valence-corrected chi connectivity index (χ0v) is 14.7. The van der Waals surface area contributed by atoms with Crippen LogP contribution in [0, 0.1) is 11.7 Å². The Balaban J connectivity index is 1.35. The molecule has 1 atom stereocenters. The number of rotatable bonds is 5. The van der Waals surface area contributed by atoms with Gasteiger partial charge in [-0.05, 0) is 30.2 Å². The van der Waals surface area contributed by atoms with Crippen molar-refractivity contribution in [1.29, 1.82) is 0 Å². The molecule has 3 aromatic rings. The third-order valence-electron chi connectivity index (χ3n) is 5.01. The molecule has 2 heterocycles. The van der Waals surface area contributed by atoms with Gasteiger partial charge >= 0.3 is 0 Å². The van der Waals surface area contributed by atoms with E-state index in [9.17, 15) is 14.0 Å². The van der Waals surface area contributed by atoms with Crippen LogP contribution in [0.1, 0.15) is 12.0 Å². The van der Waals surface area contributed by atoms with Gasteiger partial charge in [0.05, 0.1) is 11.6 Å². The van der Waals surface area contributed by atoms with E-state index in [0.29, 0.717) is 13.0 Å². The second-order valence-electron chi connectivity index (χ2n) is 6.76. The molecule has 6 heteroatoms. The molecule has 1 saturated heterocycles. The Labute approximate surface area is 156 Å². The van der Waals surface area contributed by atoms with Crippen molar-refractivity contribution < 1.29 is 14.0 Å². The number of hydrogen-bond donors (Lipinski definition) is 2. The van der Waals surface area contributed by atoms with E-state index in [-0.39, 0.29) is 30.5 Å². The van der Waals surface area contributed by atoms with Crippen molar-refractivity contribution >= 4 is 28.4 Å². The smallest absolute Gasteiger partial charge is 0.227 e. The topological polar surface area (TPSA) is 65.2 Å². The van der Waals surface area contributed by atoms with Gasteiger partial charge in [0.15, 0.2) is 0 Å². The average molecular weight is 365 g/mol. The number of aromatic nitrogens is 1. The minimum Gasteiger partial charge on any atom is -0.361 e. The van der Waals surface area contributed by atoms with Gasteiger partial charge in [0.1, 0.15) is 5.82 Å². The van der Waals surface area contributed by atoms with Crippen LogP contribution in [0.25, 0.3) is 10.9 Å². The molecule has 1 aliphatic rings. The van der Waals surface area contributed by atoms with Crippen LogP contribution in [0.2, 0.25) is 0 Å². The fourth-order valence-electron chi connectivity index (χ4n) is 3.59. The summed E-state index contributed by atoms with van der Waals surface area (Å²) in [6, 6.07) is 14.2. The predicted octanol–water partition coefficient (Wildman–Crippen LogP) is 3.02. The normalized spacial score (nSPS) is 16.9. The maximum Gasteiger partial charge on any atom is 0.227 e. The predicted molar refractivity (Wildman–Crippen MR) is 102 cm³/mol. The summed E-state index contributed by atoms with van der Waals surface area (Å²) in [4.78, 5) is 29.3. The number of para-hydroxylation sites is 2. The molecule has 0 spiro atoms. The van der Waals surface area contributed by atoms with E-state index in [2.05, 4.69) is 10.3 Å². The van der Waals surface area contributed by atoms with Crippen LogP contribution in [0.5, 0.6) is 0 Å². The molecule has 1 aromatic heterocycles. The van der Waals surface area contributed by atoms with Crippen molar-refractivity contribution in [2.75, 3.05) is 18.0 Å². The van der Waals surface area contributed by atoms with E-state index >= 15 is 0 Å². The van der Waals surface area contributed by atoms with Gasteiger partial charge in [0, 0.05) is 36.6 Å². The molecule has 0 bridgehead atoms. The third kappa shape index (κ3) is 3.43. The Morgan fingerprint density at radius 3 is 2.81 bits per heavy atom. The molecule has 138 valence electrons. The Bertz CT molecular complexity index is 998. The lowest BCUT2D eigenvalue weighted by molar-refractivity contribution is -0.126. The first-order valence-electron chi connectivity index (χ1n) is 9.01. The minimum atomic E-state index is -0.458. The first kappa shape index (κ1) is 17.3. The summed E-state index contributed by atoms with van der Waals surface area (Å²) in [6.07, 6.45) is 2.76. The summed E-state index contributed by atoms with van der Waals surface area (Å²) >= 11 is 0. The molecule has 1 fully saturated rings. The van der Waals surface area contributed by atoms with Crippen molar-refractivity contribution in [3.8, 4) is 0 Å². The van der Waals surface area contributed by atoms with Gasteiger partial charge in [-0.25, -0.2) is 4.39 Å². The molecule has 2 aromatic carbocycles. The monoisotopic (exact) mass is 365 g/mol. The molecule has 2 amide bonds. The molecule has 5 nitrogen and oxygen atoms in total. The lowest BCUT2D eigenvalue weighted by atomic mass is 10.1. The number of nitrogens with one attached hydrogen (secondary N) is 2. The zero-order valence-electron chi connectivity index (χ0n) is 14.7. The highest BCUT2D eigenvalue weighted by atomic mass is 19.1. The highest BCUT2D eigenvalue weighted by molar-refractivity contribution is 6.00. The summed E-state index contributed by atoms with van der Waals surface area (Å²) in [7, 11) is 0. The third-order valence-corrected chi connectivity index (χ3v) is 5.01. The van der Waals surface area contributed by atoms with Gasteiger partial charge in [0.25, 0.3) is 0 Å². The van der Waals surface area contributed by atoms with Crippen LogP contribution in [-0.4, -0.2) is 29.9 Å². The van der Waals surface area contributed by atoms with Gasteiger partial charge in [0.2, 0.25) is 11.8 Å². The SMILES string of the molecule is O=C(NCCc1c[nH]c2ccccc12)[C@@H]1CC(=O)N(c2ccccc2F)C1. The number of hydrogen-bond acceptors (Lipinski definition) is 2. The molecule has 2 N–H and O–H groups in total. The summed E-state index contributed by atoms with van der Waals surface area (Å²) < 4.78 is 13.9. The molecule has 0 unspecified atom stereocenters. The molecular weight excluding hydrogens is 345 g/mol. The number of anilines is 1. The van der Waals surface area contributed by atoms with Gasteiger partial charge < -0.3 is 15.2 Å². The first-order valence-corrected chi connectivity index (χ1v) is 9.01. The summed E-state index contributed by atoms with van der Waals surface area (Å²) in [5, 5.41) is 4.06. The fraction of sp³-hybridized carbons (Fsp3) is 0.238.